The molecule has 1 aromatic carbocycles. The van der Waals surface area contributed by atoms with E-state index in [9.17, 15) is 28.0 Å². The summed E-state index contributed by atoms with van der Waals surface area (Å²) >= 11 is 5.75. The highest BCUT2D eigenvalue weighted by Gasteiger charge is 2.45. The minimum Gasteiger partial charge on any atom is -0.384 e. The lowest BCUT2D eigenvalue weighted by atomic mass is 9.80. The van der Waals surface area contributed by atoms with Gasteiger partial charge in [-0.15, -0.1) is 0 Å². The molecule has 0 spiro atoms. The molecular weight excluding hydrogens is 857 g/mol. The van der Waals surface area contributed by atoms with E-state index >= 15 is 0 Å². The number of amides is 4. The zero-order chi connectivity index (χ0) is 45.4. The highest BCUT2D eigenvalue weighted by molar-refractivity contribution is 7.81. The second-order valence-corrected chi connectivity index (χ2v) is 19.0. The van der Waals surface area contributed by atoms with Crippen LogP contribution in [0.5, 0.6) is 0 Å². The predicted octanol–water partition coefficient (Wildman–Crippen LogP) is 6.25. The van der Waals surface area contributed by atoms with Crippen molar-refractivity contribution in [1.29, 1.82) is 0 Å². The Bertz CT molecular complexity index is 2450. The van der Waals surface area contributed by atoms with Gasteiger partial charge in [-0.2, -0.15) is 10.2 Å². The topological polar surface area (TPSA) is 171 Å². The van der Waals surface area contributed by atoms with E-state index in [0.29, 0.717) is 66.5 Å². The standard InChI is InChI=1S/C46H57F2N11O5S/c1-27-26-64-21-20-56(27)37-17-19-57-42(52-37)33(23-50-57)44(65)51-35-25-58(54-40(35)41(47)48)31-12-10-30(11-13-31)24-55(2)18-16-28-6-8-29(9-7-28)22-49-34-5-3-4-32-39(34)46(63)59(45(32)62)36-14-15-38(60)53-43(36)61/h3-5,17,19,23,25,27-31,36,41,49H,6-16,18,20-22,24,26H2,1-2H3,(H,51,65)(H,53,60,61)/t27-,28-,29-,30-,31-,36?/m1/s1. The molecule has 0 bridgehead atoms. The molecule has 2 saturated heterocycles. The van der Waals surface area contributed by atoms with Gasteiger partial charge in [0, 0.05) is 44.1 Å². The number of fused-ring (bicyclic) bond motifs is 2. The molecule has 4 aromatic rings. The molecule has 0 radical (unpaired) electrons. The van der Waals surface area contributed by atoms with Crippen LogP contribution in [0.3, 0.4) is 0 Å². The molecular formula is C46H57F2N11O5S. The Morgan fingerprint density at radius 1 is 0.985 bits per heavy atom. The number of rotatable bonds is 14. The van der Waals surface area contributed by atoms with Crippen LogP contribution in [-0.4, -0.2) is 121 Å². The van der Waals surface area contributed by atoms with Crippen LogP contribution < -0.4 is 20.9 Å². The first-order valence-electron chi connectivity index (χ1n) is 23.1. The van der Waals surface area contributed by atoms with E-state index in [2.05, 4.69) is 49.9 Å². The fourth-order valence-electron chi connectivity index (χ4n) is 10.5. The Morgan fingerprint density at radius 3 is 2.51 bits per heavy atom. The number of ether oxygens (including phenoxy) is 1. The molecule has 65 heavy (non-hydrogen) atoms. The van der Waals surface area contributed by atoms with Gasteiger partial charge >= 0.3 is 0 Å². The summed E-state index contributed by atoms with van der Waals surface area (Å²) in [6.45, 7) is 6.73. The maximum Gasteiger partial charge on any atom is 0.284 e. The molecule has 9 rings (SSSR count). The highest BCUT2D eigenvalue weighted by atomic mass is 32.1. The zero-order valence-electron chi connectivity index (χ0n) is 36.9. The van der Waals surface area contributed by atoms with E-state index in [-0.39, 0.29) is 46.9 Å². The monoisotopic (exact) mass is 913 g/mol. The van der Waals surface area contributed by atoms with E-state index in [1.165, 1.54) is 0 Å². The normalized spacial score (nSPS) is 25.1. The van der Waals surface area contributed by atoms with E-state index in [1.54, 1.807) is 33.7 Å². The molecule has 19 heteroatoms. The number of benzene rings is 1. The van der Waals surface area contributed by atoms with Crippen LogP contribution in [0.4, 0.5) is 26.0 Å². The van der Waals surface area contributed by atoms with Crippen molar-refractivity contribution in [3.05, 3.63) is 65.2 Å². The minimum absolute atomic E-state index is 0.0258. The van der Waals surface area contributed by atoms with Gasteiger partial charge in [-0.1, -0.05) is 31.1 Å². The lowest BCUT2D eigenvalue weighted by Gasteiger charge is -2.34. The minimum atomic E-state index is -2.77. The molecule has 4 fully saturated rings. The van der Waals surface area contributed by atoms with Crippen molar-refractivity contribution in [1.82, 2.24) is 39.5 Å². The summed E-state index contributed by atoms with van der Waals surface area (Å²) in [5.74, 6) is 0.380. The molecule has 346 valence electrons. The average molecular weight is 914 g/mol. The predicted molar refractivity (Wildman–Crippen MR) is 243 cm³/mol. The largest absolute Gasteiger partial charge is 0.384 e. The summed E-state index contributed by atoms with van der Waals surface area (Å²) in [6, 6.07) is 6.27. The van der Waals surface area contributed by atoms with Crippen LogP contribution in [0, 0.1) is 17.8 Å². The smallest absolute Gasteiger partial charge is 0.284 e. The van der Waals surface area contributed by atoms with Crippen LogP contribution in [0.25, 0.3) is 5.65 Å². The summed E-state index contributed by atoms with van der Waals surface area (Å²) in [5.41, 5.74) is 2.15. The SMILES string of the molecule is C[C@@H]1COCCN1c1ccn2ncc(C(=S)Nc3cn([C@H]4CC[C@H](CN(C)CC[C@H]5CC[C@H](CNc6cccc7c6C(=O)N(C6CCC(=O)NC6=O)C7=O)CC5)CC4)nc3C(F)F)c2n1. The van der Waals surface area contributed by atoms with Gasteiger partial charge < -0.3 is 25.2 Å². The van der Waals surface area contributed by atoms with Gasteiger partial charge in [0.15, 0.2) is 11.3 Å². The number of carbonyl (C=O) groups excluding carboxylic acids is 4. The number of hydrogen-bond acceptors (Lipinski definition) is 12. The Morgan fingerprint density at radius 2 is 1.75 bits per heavy atom. The number of hydrogen-bond donors (Lipinski definition) is 3. The Kier molecular flexibility index (Phi) is 13.2. The molecule has 5 aliphatic rings. The molecule has 3 aromatic heterocycles. The molecule has 6 heterocycles. The highest BCUT2D eigenvalue weighted by Crippen LogP contribution is 2.37. The molecule has 1 unspecified atom stereocenters. The van der Waals surface area contributed by atoms with Gasteiger partial charge in [0.25, 0.3) is 18.2 Å². The Hall–Kier alpha value is -5.40. The van der Waals surface area contributed by atoms with Crippen molar-refractivity contribution in [2.24, 2.45) is 17.8 Å². The first kappa shape index (κ1) is 44.8. The second kappa shape index (κ2) is 19.2. The van der Waals surface area contributed by atoms with Crippen molar-refractivity contribution in [2.75, 3.05) is 62.0 Å². The zero-order valence-corrected chi connectivity index (χ0v) is 37.7. The van der Waals surface area contributed by atoms with E-state index in [0.717, 1.165) is 81.6 Å². The van der Waals surface area contributed by atoms with Crippen molar-refractivity contribution in [3.8, 4) is 0 Å². The van der Waals surface area contributed by atoms with Crippen molar-refractivity contribution in [2.45, 2.75) is 102 Å². The van der Waals surface area contributed by atoms with Gasteiger partial charge in [-0.25, -0.2) is 18.3 Å². The maximum absolute atomic E-state index is 14.4. The number of carbonyl (C=O) groups is 4. The number of aromatic nitrogens is 5. The number of nitrogens with zero attached hydrogens (tertiary/aromatic N) is 8. The van der Waals surface area contributed by atoms with Crippen molar-refractivity contribution >= 4 is 63.7 Å². The summed E-state index contributed by atoms with van der Waals surface area (Å²) in [6.07, 6.45) is 11.8. The van der Waals surface area contributed by atoms with Gasteiger partial charge in [-0.05, 0) is 108 Å². The average Bonchev–Trinajstić information content (AvgIpc) is 4.00. The quantitative estimate of drug-likeness (QED) is 0.0960. The fourth-order valence-corrected chi connectivity index (χ4v) is 10.7. The van der Waals surface area contributed by atoms with Crippen LogP contribution in [0.2, 0.25) is 0 Å². The van der Waals surface area contributed by atoms with Gasteiger partial charge in [0.05, 0.1) is 53.9 Å². The lowest BCUT2D eigenvalue weighted by molar-refractivity contribution is -0.136. The summed E-state index contributed by atoms with van der Waals surface area (Å²) in [7, 11) is 2.19. The number of nitrogens with one attached hydrogen (secondary N) is 3. The number of halogens is 2. The van der Waals surface area contributed by atoms with Crippen LogP contribution in [0.15, 0.2) is 42.9 Å². The number of thiocarbonyl (C=S) groups is 1. The maximum atomic E-state index is 14.4. The molecule has 16 nitrogen and oxygen atoms in total. The summed E-state index contributed by atoms with van der Waals surface area (Å²) in [5, 5.41) is 17.6. The molecule has 3 N–H and O–H groups in total. The van der Waals surface area contributed by atoms with Gasteiger partial charge in [0.1, 0.15) is 16.8 Å². The molecule has 4 amide bonds. The van der Waals surface area contributed by atoms with Crippen molar-refractivity contribution < 1.29 is 32.7 Å². The first-order chi connectivity index (χ1) is 31.4. The molecule has 2 saturated carbocycles. The third-order valence-electron chi connectivity index (χ3n) is 14.2. The van der Waals surface area contributed by atoms with Gasteiger partial charge in [-0.3, -0.25) is 34.1 Å². The van der Waals surface area contributed by atoms with Crippen LogP contribution >= 0.6 is 12.2 Å². The van der Waals surface area contributed by atoms with Crippen molar-refractivity contribution in [3.63, 3.8) is 0 Å². The Labute approximate surface area is 381 Å². The first-order valence-corrected chi connectivity index (χ1v) is 23.5. The van der Waals surface area contributed by atoms with E-state index < -0.39 is 36.1 Å². The van der Waals surface area contributed by atoms with E-state index in [1.807, 2.05) is 18.3 Å². The second-order valence-electron chi connectivity index (χ2n) is 18.6. The summed E-state index contributed by atoms with van der Waals surface area (Å²) in [4.78, 5) is 61.7. The third-order valence-corrected chi connectivity index (χ3v) is 14.5. The molecule has 2 atom stereocenters. The van der Waals surface area contributed by atoms with Crippen LogP contribution in [-0.2, 0) is 14.3 Å². The molecule has 2 aliphatic carbocycles. The number of morpholine rings is 1. The number of imide groups is 2. The number of alkyl halides is 2. The molecule has 3 aliphatic heterocycles. The Balaban J connectivity index is 0.714. The van der Waals surface area contributed by atoms with Crippen LogP contribution in [0.1, 0.15) is 122 Å². The summed E-state index contributed by atoms with van der Waals surface area (Å²) < 4.78 is 37.7. The van der Waals surface area contributed by atoms with Gasteiger partial charge in [0.2, 0.25) is 11.8 Å². The number of anilines is 3. The fraction of sp³-hybridized carbons (Fsp3) is 0.565. The number of piperidine rings is 1. The van der Waals surface area contributed by atoms with E-state index in [4.69, 9.17) is 21.9 Å². The third kappa shape index (κ3) is 9.50. The lowest BCUT2D eigenvalue weighted by Crippen LogP contribution is -2.54.